The Bertz CT molecular complexity index is 575. The van der Waals surface area contributed by atoms with Crippen LogP contribution in [0.25, 0.3) is 0 Å². The minimum atomic E-state index is 0.123. The molecule has 1 amide bonds. The predicted octanol–water partition coefficient (Wildman–Crippen LogP) is 5.05. The molecule has 1 saturated carbocycles. The monoisotopic (exact) mass is 321 g/mol. The summed E-state index contributed by atoms with van der Waals surface area (Å²) in [5, 5.41) is 3.29. The van der Waals surface area contributed by atoms with Crippen LogP contribution in [0.3, 0.4) is 0 Å². The topological polar surface area (TPSA) is 29.1 Å². The molecule has 2 aromatic rings. The summed E-state index contributed by atoms with van der Waals surface area (Å²) in [6, 6.07) is 21.1. The summed E-state index contributed by atoms with van der Waals surface area (Å²) in [4.78, 5) is 12.7. The lowest BCUT2D eigenvalue weighted by Crippen LogP contribution is -2.35. The summed E-state index contributed by atoms with van der Waals surface area (Å²) in [5.41, 5.74) is 2.42. The molecular formula is C22H27NO. The summed E-state index contributed by atoms with van der Waals surface area (Å²) in [6.07, 6.45) is 7.88. The van der Waals surface area contributed by atoms with Gasteiger partial charge in [-0.1, -0.05) is 86.3 Å². The van der Waals surface area contributed by atoms with Crippen LogP contribution in [0, 0.1) is 0 Å². The van der Waals surface area contributed by atoms with E-state index in [9.17, 15) is 4.79 Å². The molecule has 1 aliphatic rings. The van der Waals surface area contributed by atoms with Gasteiger partial charge in [0, 0.05) is 18.4 Å². The zero-order valence-electron chi connectivity index (χ0n) is 14.3. The third-order valence-electron chi connectivity index (χ3n) is 5.01. The second-order valence-corrected chi connectivity index (χ2v) is 6.83. The largest absolute Gasteiger partial charge is 0.353 e. The molecule has 1 aliphatic carbocycles. The van der Waals surface area contributed by atoms with Gasteiger partial charge in [0.15, 0.2) is 0 Å². The molecule has 2 nitrogen and oxygen atoms in total. The van der Waals surface area contributed by atoms with Crippen molar-refractivity contribution >= 4 is 5.91 Å². The molecule has 0 radical (unpaired) electrons. The first kappa shape index (κ1) is 16.8. The zero-order valence-corrected chi connectivity index (χ0v) is 14.3. The molecule has 2 aromatic carbocycles. The number of amides is 1. The lowest BCUT2D eigenvalue weighted by Gasteiger charge is -2.21. The van der Waals surface area contributed by atoms with Crippen molar-refractivity contribution in [3.63, 3.8) is 0 Å². The van der Waals surface area contributed by atoms with Gasteiger partial charge in [0.2, 0.25) is 5.91 Å². The van der Waals surface area contributed by atoms with Gasteiger partial charge in [-0.15, -0.1) is 0 Å². The van der Waals surface area contributed by atoms with Gasteiger partial charge < -0.3 is 5.32 Å². The van der Waals surface area contributed by atoms with Crippen LogP contribution >= 0.6 is 0 Å². The Kier molecular flexibility index (Phi) is 6.06. The molecule has 2 heteroatoms. The molecule has 0 aromatic heterocycles. The Labute approximate surface area is 145 Å². The lowest BCUT2D eigenvalue weighted by atomic mass is 9.88. The van der Waals surface area contributed by atoms with E-state index in [-0.39, 0.29) is 11.8 Å². The smallest absolute Gasteiger partial charge is 0.221 e. The lowest BCUT2D eigenvalue weighted by molar-refractivity contribution is -0.122. The van der Waals surface area contributed by atoms with Crippen molar-refractivity contribution in [3.8, 4) is 0 Å². The Morgan fingerprint density at radius 2 is 1.33 bits per heavy atom. The van der Waals surface area contributed by atoms with Crippen molar-refractivity contribution in [1.82, 2.24) is 5.32 Å². The number of rotatable bonds is 5. The van der Waals surface area contributed by atoms with Crippen molar-refractivity contribution in [2.45, 2.75) is 56.9 Å². The van der Waals surface area contributed by atoms with E-state index in [1.807, 2.05) is 12.1 Å². The normalized spacial score (nSPS) is 15.9. The maximum Gasteiger partial charge on any atom is 0.221 e. The van der Waals surface area contributed by atoms with Crippen molar-refractivity contribution in [2.24, 2.45) is 0 Å². The van der Waals surface area contributed by atoms with Crippen LogP contribution in [0.2, 0.25) is 0 Å². The van der Waals surface area contributed by atoms with Gasteiger partial charge in [-0.05, 0) is 24.0 Å². The Balaban J connectivity index is 1.71. The number of hydrogen-bond acceptors (Lipinski definition) is 1. The Morgan fingerprint density at radius 1 is 0.833 bits per heavy atom. The van der Waals surface area contributed by atoms with Crippen molar-refractivity contribution in [3.05, 3.63) is 71.8 Å². The number of carbonyl (C=O) groups is 1. The first-order chi connectivity index (χ1) is 11.8. The summed E-state index contributed by atoms with van der Waals surface area (Å²) in [6.45, 7) is 0. The summed E-state index contributed by atoms with van der Waals surface area (Å²) in [5.74, 6) is 0.304. The maximum absolute atomic E-state index is 12.7. The second kappa shape index (κ2) is 8.68. The summed E-state index contributed by atoms with van der Waals surface area (Å²) in [7, 11) is 0. The van der Waals surface area contributed by atoms with Crippen LogP contribution in [0.4, 0.5) is 0 Å². The molecule has 126 valence electrons. The molecule has 1 fully saturated rings. The highest BCUT2D eigenvalue weighted by Crippen LogP contribution is 2.28. The summed E-state index contributed by atoms with van der Waals surface area (Å²) >= 11 is 0. The van der Waals surface area contributed by atoms with E-state index in [2.05, 4.69) is 53.8 Å². The molecule has 0 spiro atoms. The fraction of sp³-hybridized carbons (Fsp3) is 0.409. The fourth-order valence-corrected chi connectivity index (χ4v) is 3.69. The summed E-state index contributed by atoms with van der Waals surface area (Å²) < 4.78 is 0. The highest BCUT2D eigenvalue weighted by molar-refractivity contribution is 5.77. The van der Waals surface area contributed by atoms with Crippen molar-refractivity contribution in [2.75, 3.05) is 0 Å². The van der Waals surface area contributed by atoms with Gasteiger partial charge in [0.05, 0.1) is 0 Å². The minimum absolute atomic E-state index is 0.123. The number of benzene rings is 2. The van der Waals surface area contributed by atoms with Gasteiger partial charge in [0.25, 0.3) is 0 Å². The maximum atomic E-state index is 12.7. The highest BCUT2D eigenvalue weighted by Gasteiger charge is 2.20. The van der Waals surface area contributed by atoms with E-state index in [0.29, 0.717) is 12.5 Å². The average Bonchev–Trinajstić information content (AvgIpc) is 2.90. The van der Waals surface area contributed by atoms with Crippen LogP contribution < -0.4 is 5.32 Å². The first-order valence-corrected chi connectivity index (χ1v) is 9.22. The Morgan fingerprint density at radius 3 is 1.83 bits per heavy atom. The molecule has 0 unspecified atom stereocenters. The number of nitrogens with one attached hydrogen (secondary N) is 1. The van der Waals surface area contributed by atoms with Gasteiger partial charge in [-0.3, -0.25) is 4.79 Å². The van der Waals surface area contributed by atoms with E-state index >= 15 is 0 Å². The van der Waals surface area contributed by atoms with Crippen molar-refractivity contribution in [1.29, 1.82) is 0 Å². The van der Waals surface area contributed by atoms with Crippen LogP contribution in [-0.4, -0.2) is 11.9 Å². The molecule has 0 heterocycles. The fourth-order valence-electron chi connectivity index (χ4n) is 3.69. The van der Waals surface area contributed by atoms with Gasteiger partial charge in [0.1, 0.15) is 0 Å². The molecule has 0 bridgehead atoms. The van der Waals surface area contributed by atoms with Gasteiger partial charge in [-0.25, -0.2) is 0 Å². The van der Waals surface area contributed by atoms with Crippen LogP contribution in [-0.2, 0) is 4.79 Å². The van der Waals surface area contributed by atoms with Crippen LogP contribution in [0.5, 0.6) is 0 Å². The predicted molar refractivity (Wildman–Crippen MR) is 99.0 cm³/mol. The average molecular weight is 321 g/mol. The minimum Gasteiger partial charge on any atom is -0.353 e. The molecule has 1 N–H and O–H groups in total. The molecule has 0 aliphatic heterocycles. The van der Waals surface area contributed by atoms with Crippen molar-refractivity contribution < 1.29 is 4.79 Å². The molecule has 3 rings (SSSR count). The molecule has 0 saturated heterocycles. The van der Waals surface area contributed by atoms with Crippen LogP contribution in [0.1, 0.15) is 62.0 Å². The van der Waals surface area contributed by atoms with Gasteiger partial charge in [-0.2, -0.15) is 0 Å². The second-order valence-electron chi connectivity index (χ2n) is 6.83. The number of hydrogen-bond donors (Lipinski definition) is 1. The SMILES string of the molecule is O=C(CC(c1ccccc1)c1ccccc1)NC1CCCCCC1. The standard InChI is InChI=1S/C22H27NO/c24-22(23-20-15-9-1-2-10-16-20)17-21(18-11-5-3-6-12-18)19-13-7-4-8-14-19/h3-8,11-14,20-21H,1-2,9-10,15-17H2,(H,23,24). The third kappa shape index (κ3) is 4.70. The van der Waals surface area contributed by atoms with E-state index in [4.69, 9.17) is 0 Å². The zero-order chi connectivity index (χ0) is 16.6. The van der Waals surface area contributed by atoms with Crippen LogP contribution in [0.15, 0.2) is 60.7 Å². The molecule has 24 heavy (non-hydrogen) atoms. The molecular weight excluding hydrogens is 294 g/mol. The van der Waals surface area contributed by atoms with E-state index in [0.717, 1.165) is 12.8 Å². The highest BCUT2D eigenvalue weighted by atomic mass is 16.1. The third-order valence-corrected chi connectivity index (χ3v) is 5.01. The first-order valence-electron chi connectivity index (χ1n) is 9.22. The van der Waals surface area contributed by atoms with E-state index < -0.39 is 0 Å². The number of carbonyl (C=O) groups excluding carboxylic acids is 1. The van der Waals surface area contributed by atoms with E-state index in [1.54, 1.807) is 0 Å². The Hall–Kier alpha value is -2.09. The van der Waals surface area contributed by atoms with Gasteiger partial charge >= 0.3 is 0 Å². The van der Waals surface area contributed by atoms with E-state index in [1.165, 1.54) is 36.8 Å². The molecule has 0 atom stereocenters. The quantitative estimate of drug-likeness (QED) is 0.767.